The van der Waals surface area contributed by atoms with Crippen LogP contribution in [0.1, 0.15) is 51.4 Å². The first-order valence-corrected chi connectivity index (χ1v) is 12.0. The van der Waals surface area contributed by atoms with E-state index in [4.69, 9.17) is 10.5 Å². The highest BCUT2D eigenvalue weighted by Crippen LogP contribution is 2.39. The minimum atomic E-state index is -0.724. The maximum Gasteiger partial charge on any atom is 0.265 e. The number of amides is 3. The molecule has 1 aliphatic carbocycles. The maximum atomic E-state index is 12.8. The number of anilines is 2. The van der Waals surface area contributed by atoms with Gasteiger partial charge in [-0.15, -0.1) is 11.3 Å². The van der Waals surface area contributed by atoms with Crippen LogP contribution >= 0.6 is 11.3 Å². The van der Waals surface area contributed by atoms with E-state index in [1.54, 1.807) is 43.3 Å². The van der Waals surface area contributed by atoms with Gasteiger partial charge in [-0.1, -0.05) is 25.1 Å². The largest absolute Gasteiger partial charge is 0.481 e. The van der Waals surface area contributed by atoms with Crippen molar-refractivity contribution in [3.05, 3.63) is 76.2 Å². The summed E-state index contributed by atoms with van der Waals surface area (Å²) >= 11 is 1.43. The summed E-state index contributed by atoms with van der Waals surface area (Å²) in [5.41, 5.74) is 8.13. The summed E-state index contributed by atoms with van der Waals surface area (Å²) in [7, 11) is 0. The fourth-order valence-corrected chi connectivity index (χ4v) is 5.39. The molecule has 0 bridgehead atoms. The number of thiophene rings is 1. The van der Waals surface area contributed by atoms with Gasteiger partial charge in [-0.3, -0.25) is 14.4 Å². The first kappa shape index (κ1) is 23.5. The lowest BCUT2D eigenvalue weighted by atomic mass is 9.88. The van der Waals surface area contributed by atoms with E-state index in [2.05, 4.69) is 17.6 Å². The van der Waals surface area contributed by atoms with Crippen molar-refractivity contribution < 1.29 is 19.1 Å². The Balaban J connectivity index is 1.41. The fourth-order valence-electron chi connectivity index (χ4n) is 3.98. The lowest BCUT2D eigenvalue weighted by Crippen LogP contribution is -2.30. The van der Waals surface area contributed by atoms with Crippen molar-refractivity contribution in [2.24, 2.45) is 11.7 Å². The number of hydrogen-bond acceptors (Lipinski definition) is 5. The molecule has 176 valence electrons. The Kier molecular flexibility index (Phi) is 6.98. The molecule has 4 N–H and O–H groups in total. The van der Waals surface area contributed by atoms with E-state index in [1.807, 2.05) is 18.2 Å². The van der Waals surface area contributed by atoms with Crippen LogP contribution in [0.5, 0.6) is 5.75 Å². The number of carbonyl (C=O) groups excluding carboxylic acids is 3. The Morgan fingerprint density at radius 3 is 2.44 bits per heavy atom. The van der Waals surface area contributed by atoms with Gasteiger partial charge in [0.2, 0.25) is 0 Å². The summed E-state index contributed by atoms with van der Waals surface area (Å²) in [6.07, 6.45) is 1.96. The molecule has 0 radical (unpaired) electrons. The number of nitrogens with two attached hydrogens (primary N) is 1. The molecular formula is C26H27N3O4S. The Morgan fingerprint density at radius 2 is 1.76 bits per heavy atom. The molecule has 2 unspecified atom stereocenters. The number of benzene rings is 2. The summed E-state index contributed by atoms with van der Waals surface area (Å²) in [6.45, 7) is 3.84. The number of ether oxygens (including phenoxy) is 1. The van der Waals surface area contributed by atoms with E-state index in [0.717, 1.165) is 29.7 Å². The van der Waals surface area contributed by atoms with Crippen LogP contribution in [0.25, 0.3) is 0 Å². The van der Waals surface area contributed by atoms with Gasteiger partial charge in [0.15, 0.2) is 6.10 Å². The summed E-state index contributed by atoms with van der Waals surface area (Å²) < 4.78 is 5.71. The summed E-state index contributed by atoms with van der Waals surface area (Å²) in [5, 5.41) is 6.15. The number of rotatable bonds is 7. The SMILES string of the molecule is CC1CCc2c(sc(NC(=O)c3ccc(OC(C)C(=O)Nc4ccccc4)cc3)c2C(N)=O)C1. The van der Waals surface area contributed by atoms with Crippen LogP contribution in [-0.4, -0.2) is 23.8 Å². The highest BCUT2D eigenvalue weighted by Gasteiger charge is 2.27. The molecule has 0 saturated heterocycles. The van der Waals surface area contributed by atoms with E-state index in [9.17, 15) is 14.4 Å². The average Bonchev–Trinajstić information content (AvgIpc) is 3.17. The van der Waals surface area contributed by atoms with Gasteiger partial charge in [-0.25, -0.2) is 0 Å². The summed E-state index contributed by atoms with van der Waals surface area (Å²) in [5.74, 6) is -0.127. The number of fused-ring (bicyclic) bond motifs is 1. The van der Waals surface area contributed by atoms with Gasteiger partial charge in [0.25, 0.3) is 17.7 Å². The lowest BCUT2D eigenvalue weighted by molar-refractivity contribution is -0.122. The average molecular weight is 478 g/mol. The quantitative estimate of drug-likeness (QED) is 0.461. The zero-order valence-corrected chi connectivity index (χ0v) is 19.9. The minimum Gasteiger partial charge on any atom is -0.481 e. The van der Waals surface area contributed by atoms with Crippen molar-refractivity contribution in [1.82, 2.24) is 0 Å². The van der Waals surface area contributed by atoms with E-state index in [-0.39, 0.29) is 11.8 Å². The number of hydrogen-bond donors (Lipinski definition) is 3. The maximum absolute atomic E-state index is 12.8. The van der Waals surface area contributed by atoms with Gasteiger partial charge < -0.3 is 21.1 Å². The molecule has 4 rings (SSSR count). The lowest BCUT2D eigenvalue weighted by Gasteiger charge is -2.18. The highest BCUT2D eigenvalue weighted by molar-refractivity contribution is 7.17. The van der Waals surface area contributed by atoms with Crippen molar-refractivity contribution in [3.63, 3.8) is 0 Å². The van der Waals surface area contributed by atoms with Crippen molar-refractivity contribution >= 4 is 39.7 Å². The van der Waals surface area contributed by atoms with Crippen molar-refractivity contribution in [2.45, 2.75) is 39.2 Å². The summed E-state index contributed by atoms with van der Waals surface area (Å²) in [4.78, 5) is 38.4. The molecule has 3 aromatic rings. The first-order chi connectivity index (χ1) is 16.3. The van der Waals surface area contributed by atoms with Crippen LogP contribution in [0.3, 0.4) is 0 Å². The van der Waals surface area contributed by atoms with Crippen molar-refractivity contribution in [2.75, 3.05) is 10.6 Å². The molecule has 0 fully saturated rings. The highest BCUT2D eigenvalue weighted by atomic mass is 32.1. The second kappa shape index (κ2) is 10.1. The van der Waals surface area contributed by atoms with Crippen LogP contribution < -0.4 is 21.1 Å². The van der Waals surface area contributed by atoms with Crippen LogP contribution in [0.2, 0.25) is 0 Å². The van der Waals surface area contributed by atoms with E-state index in [0.29, 0.717) is 33.5 Å². The van der Waals surface area contributed by atoms with Crippen LogP contribution in [-0.2, 0) is 17.6 Å². The van der Waals surface area contributed by atoms with E-state index >= 15 is 0 Å². The zero-order chi connectivity index (χ0) is 24.2. The van der Waals surface area contributed by atoms with Gasteiger partial charge in [0.05, 0.1) is 5.56 Å². The first-order valence-electron chi connectivity index (χ1n) is 11.2. The third-order valence-corrected chi connectivity index (χ3v) is 6.99. The topological polar surface area (TPSA) is 111 Å². The van der Waals surface area contributed by atoms with Crippen LogP contribution in [0, 0.1) is 5.92 Å². The Bertz CT molecular complexity index is 1200. The predicted octanol–water partition coefficient (Wildman–Crippen LogP) is 4.63. The predicted molar refractivity (Wildman–Crippen MR) is 134 cm³/mol. The van der Waals surface area contributed by atoms with Crippen LogP contribution in [0.4, 0.5) is 10.7 Å². The molecule has 1 aromatic heterocycles. The molecule has 7 nitrogen and oxygen atoms in total. The molecule has 34 heavy (non-hydrogen) atoms. The molecular weight excluding hydrogens is 450 g/mol. The van der Waals surface area contributed by atoms with Crippen molar-refractivity contribution in [1.29, 1.82) is 0 Å². The molecule has 0 spiro atoms. The molecule has 2 aromatic carbocycles. The van der Waals surface area contributed by atoms with Gasteiger partial charge >= 0.3 is 0 Å². The molecule has 0 saturated carbocycles. The Morgan fingerprint density at radius 1 is 1.06 bits per heavy atom. The van der Waals surface area contributed by atoms with Gasteiger partial charge in [0, 0.05) is 16.1 Å². The van der Waals surface area contributed by atoms with Gasteiger partial charge in [-0.05, 0) is 74.1 Å². The second-order valence-electron chi connectivity index (χ2n) is 8.51. The monoisotopic (exact) mass is 477 g/mol. The number of carbonyl (C=O) groups is 3. The second-order valence-corrected chi connectivity index (χ2v) is 9.62. The fraction of sp³-hybridized carbons (Fsp3) is 0.269. The summed E-state index contributed by atoms with van der Waals surface area (Å²) in [6, 6.07) is 15.6. The molecule has 3 amide bonds. The Labute approximate surface area is 202 Å². The molecule has 0 aliphatic heterocycles. The standard InChI is InChI=1S/C26H27N3O4S/c1-15-8-13-20-21(14-15)34-26(22(20)23(27)30)29-25(32)17-9-11-19(12-10-17)33-16(2)24(31)28-18-6-4-3-5-7-18/h3-7,9-12,15-16H,8,13-14H2,1-2H3,(H2,27,30)(H,28,31)(H,29,32). The zero-order valence-electron chi connectivity index (χ0n) is 19.1. The molecule has 8 heteroatoms. The Hall–Kier alpha value is -3.65. The van der Waals surface area contributed by atoms with E-state index < -0.39 is 12.0 Å². The molecule has 1 heterocycles. The number of primary amides is 1. The molecule has 2 atom stereocenters. The number of para-hydroxylation sites is 1. The smallest absolute Gasteiger partial charge is 0.265 e. The van der Waals surface area contributed by atoms with E-state index in [1.165, 1.54) is 11.3 Å². The third-order valence-electron chi connectivity index (χ3n) is 5.83. The van der Waals surface area contributed by atoms with Gasteiger partial charge in [-0.2, -0.15) is 0 Å². The van der Waals surface area contributed by atoms with Gasteiger partial charge in [0.1, 0.15) is 10.8 Å². The molecule has 1 aliphatic rings. The number of nitrogens with one attached hydrogen (secondary N) is 2. The van der Waals surface area contributed by atoms with Crippen molar-refractivity contribution in [3.8, 4) is 5.75 Å². The minimum absolute atomic E-state index is 0.275. The third kappa shape index (κ3) is 5.28. The normalized spacial score (nSPS) is 15.6. The van der Waals surface area contributed by atoms with Crippen LogP contribution in [0.15, 0.2) is 54.6 Å².